The summed E-state index contributed by atoms with van der Waals surface area (Å²) >= 11 is 1.00. The van der Waals surface area contributed by atoms with Gasteiger partial charge in [-0.3, -0.25) is 10.1 Å². The lowest BCUT2D eigenvalue weighted by molar-refractivity contribution is -0.140. The van der Waals surface area contributed by atoms with Crippen LogP contribution in [0.3, 0.4) is 0 Å². The third-order valence-electron chi connectivity index (χ3n) is 2.70. The minimum absolute atomic E-state index is 0. The number of alkyl halides is 3. The van der Waals surface area contributed by atoms with Gasteiger partial charge in [0.05, 0.1) is 17.2 Å². The molecule has 0 atom stereocenters. The maximum absolute atomic E-state index is 12.4. The van der Waals surface area contributed by atoms with Gasteiger partial charge in [0.1, 0.15) is 0 Å². The van der Waals surface area contributed by atoms with Gasteiger partial charge in [-0.05, 0) is 6.07 Å². The van der Waals surface area contributed by atoms with Gasteiger partial charge >= 0.3 is 6.18 Å². The minimum Gasteiger partial charge on any atom is -0.356 e. The monoisotopic (exact) mass is 460 g/mol. The Morgan fingerprint density at radius 2 is 2.17 bits per heavy atom. The minimum atomic E-state index is -4.39. The Labute approximate surface area is 152 Å². The molecule has 0 bridgehead atoms. The van der Waals surface area contributed by atoms with Crippen molar-refractivity contribution in [1.29, 1.82) is 0 Å². The molecule has 0 spiro atoms. The average molecular weight is 460 g/mol. The summed E-state index contributed by atoms with van der Waals surface area (Å²) in [5.41, 5.74) is 0.0620. The van der Waals surface area contributed by atoms with E-state index in [2.05, 4.69) is 30.8 Å². The Morgan fingerprint density at radius 3 is 2.74 bits per heavy atom. The van der Waals surface area contributed by atoms with Crippen LogP contribution in [0.5, 0.6) is 0 Å². The Hall–Kier alpha value is -1.37. The van der Waals surface area contributed by atoms with Crippen LogP contribution in [0.2, 0.25) is 0 Å². The second kappa shape index (κ2) is 9.05. The average Bonchev–Trinajstić information content (AvgIpc) is 3.13. The lowest BCUT2D eigenvalue weighted by Crippen LogP contribution is -2.37. The zero-order valence-corrected chi connectivity index (χ0v) is 15.3. The maximum atomic E-state index is 12.4. The van der Waals surface area contributed by atoms with Gasteiger partial charge in [-0.1, -0.05) is 0 Å². The number of aromatic nitrogens is 3. The van der Waals surface area contributed by atoms with Gasteiger partial charge in [0, 0.05) is 31.6 Å². The molecule has 0 aliphatic heterocycles. The molecule has 2 heterocycles. The Morgan fingerprint density at radius 1 is 1.39 bits per heavy atom. The number of nitrogens with one attached hydrogen (secondary N) is 3. The first-order valence-electron chi connectivity index (χ1n) is 6.43. The van der Waals surface area contributed by atoms with E-state index >= 15 is 0 Å². The molecule has 3 N–H and O–H groups in total. The van der Waals surface area contributed by atoms with Crippen molar-refractivity contribution in [3.05, 3.63) is 34.0 Å². The van der Waals surface area contributed by atoms with Crippen molar-refractivity contribution < 1.29 is 13.2 Å². The van der Waals surface area contributed by atoms with Gasteiger partial charge in [0.25, 0.3) is 0 Å². The van der Waals surface area contributed by atoms with Crippen LogP contribution in [0, 0.1) is 0 Å². The second-order valence-electron chi connectivity index (χ2n) is 4.31. The molecule has 0 aromatic carbocycles. The molecule has 0 aliphatic rings. The van der Waals surface area contributed by atoms with Gasteiger partial charge in [0.2, 0.25) is 0 Å². The summed E-state index contributed by atoms with van der Waals surface area (Å²) in [6, 6.07) is 1.83. The van der Waals surface area contributed by atoms with Crippen LogP contribution in [0.15, 0.2) is 22.6 Å². The number of aliphatic imine (C=N–C) groups is 1. The maximum Gasteiger partial charge on any atom is 0.434 e. The van der Waals surface area contributed by atoms with Crippen LogP contribution < -0.4 is 10.6 Å². The summed E-state index contributed by atoms with van der Waals surface area (Å²) in [6.45, 7) is 0.961. The van der Waals surface area contributed by atoms with E-state index < -0.39 is 11.9 Å². The van der Waals surface area contributed by atoms with Crippen molar-refractivity contribution in [2.75, 3.05) is 13.6 Å². The van der Waals surface area contributed by atoms with Crippen LogP contribution in [0.4, 0.5) is 13.2 Å². The molecule has 0 fully saturated rings. The zero-order valence-electron chi connectivity index (χ0n) is 12.1. The van der Waals surface area contributed by atoms with Crippen molar-refractivity contribution >= 4 is 41.3 Å². The molecular formula is C12H16F3IN6S. The normalized spacial score (nSPS) is 11.9. The number of thiazole rings is 1. The summed E-state index contributed by atoms with van der Waals surface area (Å²) in [5, 5.41) is 14.2. The highest BCUT2D eigenvalue weighted by atomic mass is 127. The molecule has 11 heteroatoms. The fourth-order valence-electron chi connectivity index (χ4n) is 1.63. The number of guanidine groups is 1. The Balaban J connectivity index is 0.00000264. The van der Waals surface area contributed by atoms with Crippen molar-refractivity contribution in [3.63, 3.8) is 0 Å². The lowest BCUT2D eigenvalue weighted by Gasteiger charge is -2.10. The highest BCUT2D eigenvalue weighted by Crippen LogP contribution is 2.29. The SMILES string of the molecule is CN=C(NCCc1nc(C(F)(F)F)cs1)NCc1ccn[nH]1.I. The number of rotatable bonds is 5. The van der Waals surface area contributed by atoms with Crippen LogP contribution in [0.1, 0.15) is 16.4 Å². The van der Waals surface area contributed by atoms with E-state index in [1.807, 2.05) is 6.07 Å². The molecule has 23 heavy (non-hydrogen) atoms. The van der Waals surface area contributed by atoms with E-state index in [9.17, 15) is 13.2 Å². The van der Waals surface area contributed by atoms with Crippen LogP contribution in [-0.4, -0.2) is 34.7 Å². The molecule has 2 rings (SSSR count). The predicted octanol–water partition coefficient (Wildman–Crippen LogP) is 2.41. The Bertz CT molecular complexity index is 611. The summed E-state index contributed by atoms with van der Waals surface area (Å²) in [4.78, 5) is 7.60. The molecule has 0 radical (unpaired) electrons. The third-order valence-corrected chi connectivity index (χ3v) is 3.61. The van der Waals surface area contributed by atoms with Crippen molar-refractivity contribution in [1.82, 2.24) is 25.8 Å². The Kier molecular flexibility index (Phi) is 7.75. The quantitative estimate of drug-likeness (QED) is 0.364. The highest BCUT2D eigenvalue weighted by molar-refractivity contribution is 14.0. The number of H-pyrrole nitrogens is 1. The van der Waals surface area contributed by atoms with Gasteiger partial charge in [-0.15, -0.1) is 35.3 Å². The zero-order chi connectivity index (χ0) is 16.0. The van der Waals surface area contributed by atoms with E-state index in [1.165, 1.54) is 0 Å². The van der Waals surface area contributed by atoms with Crippen LogP contribution in [-0.2, 0) is 19.1 Å². The summed E-state index contributed by atoms with van der Waals surface area (Å²) < 4.78 is 37.3. The van der Waals surface area contributed by atoms with Crippen molar-refractivity contribution in [3.8, 4) is 0 Å². The number of hydrogen-bond donors (Lipinski definition) is 3. The number of nitrogens with zero attached hydrogens (tertiary/aromatic N) is 3. The molecule has 6 nitrogen and oxygen atoms in total. The van der Waals surface area contributed by atoms with E-state index in [1.54, 1.807) is 13.2 Å². The molecule has 2 aromatic heterocycles. The van der Waals surface area contributed by atoms with Crippen LogP contribution in [0.25, 0.3) is 0 Å². The molecule has 0 unspecified atom stereocenters. The van der Waals surface area contributed by atoms with Crippen molar-refractivity contribution in [2.24, 2.45) is 4.99 Å². The first-order valence-corrected chi connectivity index (χ1v) is 7.31. The molecular weight excluding hydrogens is 444 g/mol. The topological polar surface area (TPSA) is 78.0 Å². The summed E-state index contributed by atoms with van der Waals surface area (Å²) in [5.74, 6) is 0.558. The summed E-state index contributed by atoms with van der Waals surface area (Å²) in [6.07, 6.45) is -2.34. The van der Waals surface area contributed by atoms with E-state index in [0.29, 0.717) is 30.5 Å². The van der Waals surface area contributed by atoms with Gasteiger partial charge < -0.3 is 10.6 Å². The fraction of sp³-hybridized carbons (Fsp3) is 0.417. The predicted molar refractivity (Wildman–Crippen MR) is 93.0 cm³/mol. The number of halogens is 4. The van der Waals surface area contributed by atoms with E-state index in [-0.39, 0.29) is 24.0 Å². The van der Waals surface area contributed by atoms with Gasteiger partial charge in [-0.2, -0.15) is 18.3 Å². The number of aromatic amines is 1. The first-order chi connectivity index (χ1) is 10.5. The van der Waals surface area contributed by atoms with Gasteiger partial charge in [0.15, 0.2) is 11.7 Å². The van der Waals surface area contributed by atoms with Crippen LogP contribution >= 0.6 is 35.3 Å². The lowest BCUT2D eigenvalue weighted by atomic mass is 10.4. The molecule has 128 valence electrons. The van der Waals surface area contributed by atoms with Crippen molar-refractivity contribution in [2.45, 2.75) is 19.1 Å². The molecule has 0 saturated carbocycles. The molecule has 2 aromatic rings. The van der Waals surface area contributed by atoms with E-state index in [4.69, 9.17) is 0 Å². The molecule has 0 amide bonds. The summed E-state index contributed by atoms with van der Waals surface area (Å²) in [7, 11) is 1.62. The third kappa shape index (κ3) is 6.33. The standard InChI is InChI=1S/C12H15F3N6S.HI/c1-16-11(18-6-8-2-5-19-21-8)17-4-3-10-20-9(7-22-10)12(13,14)15;/h2,5,7H,3-4,6H2,1H3,(H,19,21)(H2,16,17,18);1H. The largest absolute Gasteiger partial charge is 0.434 e. The first kappa shape index (κ1) is 19.7. The van der Waals surface area contributed by atoms with Gasteiger partial charge in [-0.25, -0.2) is 4.98 Å². The number of hydrogen-bond acceptors (Lipinski definition) is 4. The fourth-order valence-corrected chi connectivity index (χ4v) is 2.43. The highest BCUT2D eigenvalue weighted by Gasteiger charge is 2.33. The second-order valence-corrected chi connectivity index (χ2v) is 5.25. The molecule has 0 aliphatic carbocycles. The smallest absolute Gasteiger partial charge is 0.356 e. The van der Waals surface area contributed by atoms with E-state index in [0.717, 1.165) is 22.4 Å². The molecule has 0 saturated heterocycles.